The molecule has 100 valence electrons. The molecule has 1 aromatic rings. The molecule has 0 heterocycles. The molecule has 0 atom stereocenters. The van der Waals surface area contributed by atoms with Crippen molar-refractivity contribution in [3.05, 3.63) is 29.8 Å². The SMILES string of the molecule is CCN(CCNc1ccc(C)cc1)CC1CCC1. The molecule has 18 heavy (non-hydrogen) atoms. The van der Waals surface area contributed by atoms with Crippen LogP contribution in [0.1, 0.15) is 31.7 Å². The van der Waals surface area contributed by atoms with E-state index in [1.165, 1.54) is 43.6 Å². The van der Waals surface area contributed by atoms with Crippen LogP contribution in [0.2, 0.25) is 0 Å². The van der Waals surface area contributed by atoms with E-state index in [0.29, 0.717) is 0 Å². The third-order valence-electron chi connectivity index (χ3n) is 4.00. The second kappa shape index (κ2) is 6.79. The van der Waals surface area contributed by atoms with Gasteiger partial charge in [-0.1, -0.05) is 31.0 Å². The third-order valence-corrected chi connectivity index (χ3v) is 4.00. The van der Waals surface area contributed by atoms with Gasteiger partial charge in [-0.05, 0) is 44.4 Å². The van der Waals surface area contributed by atoms with Crippen LogP contribution in [0.3, 0.4) is 0 Å². The molecule has 0 unspecified atom stereocenters. The number of hydrogen-bond acceptors (Lipinski definition) is 2. The van der Waals surface area contributed by atoms with E-state index in [1.807, 2.05) is 0 Å². The first kappa shape index (κ1) is 13.4. The van der Waals surface area contributed by atoms with E-state index in [0.717, 1.165) is 19.0 Å². The smallest absolute Gasteiger partial charge is 0.0340 e. The number of rotatable bonds is 7. The molecule has 1 N–H and O–H groups in total. The van der Waals surface area contributed by atoms with E-state index >= 15 is 0 Å². The van der Waals surface area contributed by atoms with E-state index in [4.69, 9.17) is 0 Å². The molecule has 0 amide bonds. The zero-order valence-electron chi connectivity index (χ0n) is 11.8. The van der Waals surface area contributed by atoms with E-state index in [-0.39, 0.29) is 0 Å². The minimum absolute atomic E-state index is 0.976. The van der Waals surface area contributed by atoms with Crippen molar-refractivity contribution in [2.45, 2.75) is 33.1 Å². The third kappa shape index (κ3) is 4.02. The van der Waals surface area contributed by atoms with Gasteiger partial charge in [-0.3, -0.25) is 0 Å². The number of likely N-dealkylation sites (N-methyl/N-ethyl adjacent to an activating group) is 1. The minimum atomic E-state index is 0.976. The molecule has 2 rings (SSSR count). The van der Waals surface area contributed by atoms with Gasteiger partial charge < -0.3 is 10.2 Å². The van der Waals surface area contributed by atoms with E-state index in [9.17, 15) is 0 Å². The Morgan fingerprint density at radius 3 is 2.50 bits per heavy atom. The van der Waals surface area contributed by atoms with Crippen LogP contribution in [0, 0.1) is 12.8 Å². The topological polar surface area (TPSA) is 15.3 Å². The molecular weight excluding hydrogens is 220 g/mol. The lowest BCUT2D eigenvalue weighted by Crippen LogP contribution is -2.35. The number of aryl methyl sites for hydroxylation is 1. The fraction of sp³-hybridized carbons (Fsp3) is 0.625. The largest absolute Gasteiger partial charge is 0.384 e. The van der Waals surface area contributed by atoms with Gasteiger partial charge in [0.05, 0.1) is 0 Å². The lowest BCUT2D eigenvalue weighted by atomic mass is 9.85. The Bertz CT molecular complexity index is 341. The Morgan fingerprint density at radius 2 is 1.94 bits per heavy atom. The van der Waals surface area contributed by atoms with Crippen LogP contribution in [0.25, 0.3) is 0 Å². The second-order valence-electron chi connectivity index (χ2n) is 5.48. The highest BCUT2D eigenvalue weighted by molar-refractivity contribution is 5.44. The molecule has 0 bridgehead atoms. The molecule has 1 aliphatic carbocycles. The first-order valence-electron chi connectivity index (χ1n) is 7.31. The van der Waals surface area contributed by atoms with Gasteiger partial charge in [0, 0.05) is 25.3 Å². The molecular formula is C16H26N2. The number of nitrogens with one attached hydrogen (secondary N) is 1. The van der Waals surface area contributed by atoms with E-state index in [2.05, 4.69) is 48.3 Å². The summed E-state index contributed by atoms with van der Waals surface area (Å²) in [5.74, 6) is 0.976. The predicted molar refractivity (Wildman–Crippen MR) is 79.1 cm³/mol. The normalized spacial score (nSPS) is 15.7. The number of benzene rings is 1. The van der Waals surface area contributed by atoms with Gasteiger partial charge in [-0.25, -0.2) is 0 Å². The molecule has 1 saturated carbocycles. The van der Waals surface area contributed by atoms with E-state index < -0.39 is 0 Å². The first-order valence-corrected chi connectivity index (χ1v) is 7.31. The zero-order valence-corrected chi connectivity index (χ0v) is 11.8. The molecule has 0 saturated heterocycles. The Kier molecular flexibility index (Phi) is 5.06. The first-order chi connectivity index (χ1) is 8.78. The zero-order chi connectivity index (χ0) is 12.8. The summed E-state index contributed by atoms with van der Waals surface area (Å²) in [6, 6.07) is 8.65. The quantitative estimate of drug-likeness (QED) is 0.792. The fourth-order valence-electron chi connectivity index (χ4n) is 2.45. The van der Waals surface area contributed by atoms with Gasteiger partial charge >= 0.3 is 0 Å². The summed E-state index contributed by atoms with van der Waals surface area (Å²) >= 11 is 0. The van der Waals surface area contributed by atoms with Crippen LogP contribution in [-0.2, 0) is 0 Å². The molecule has 2 nitrogen and oxygen atoms in total. The summed E-state index contributed by atoms with van der Waals surface area (Å²) in [6.45, 7) is 9.06. The van der Waals surface area contributed by atoms with Crippen molar-refractivity contribution in [2.24, 2.45) is 5.92 Å². The van der Waals surface area contributed by atoms with Crippen LogP contribution >= 0.6 is 0 Å². The minimum Gasteiger partial charge on any atom is -0.384 e. The summed E-state index contributed by atoms with van der Waals surface area (Å²) in [5.41, 5.74) is 2.56. The van der Waals surface area contributed by atoms with Crippen molar-refractivity contribution in [3.63, 3.8) is 0 Å². The molecule has 1 aliphatic rings. The summed E-state index contributed by atoms with van der Waals surface area (Å²) < 4.78 is 0. The fourth-order valence-corrected chi connectivity index (χ4v) is 2.45. The Labute approximate surface area is 111 Å². The van der Waals surface area contributed by atoms with Crippen LogP contribution in [0.15, 0.2) is 24.3 Å². The number of anilines is 1. The van der Waals surface area contributed by atoms with Crippen molar-refractivity contribution in [1.29, 1.82) is 0 Å². The monoisotopic (exact) mass is 246 g/mol. The van der Waals surface area contributed by atoms with Gasteiger partial charge in [0.25, 0.3) is 0 Å². The van der Waals surface area contributed by atoms with Gasteiger partial charge in [-0.2, -0.15) is 0 Å². The van der Waals surface area contributed by atoms with Crippen molar-refractivity contribution < 1.29 is 0 Å². The Hall–Kier alpha value is -1.02. The standard InChI is InChI=1S/C16H26N2/c1-3-18(13-15-5-4-6-15)12-11-17-16-9-7-14(2)8-10-16/h7-10,15,17H,3-6,11-13H2,1-2H3. The van der Waals surface area contributed by atoms with Crippen LogP contribution < -0.4 is 5.32 Å². The van der Waals surface area contributed by atoms with Gasteiger partial charge in [0.1, 0.15) is 0 Å². The van der Waals surface area contributed by atoms with E-state index in [1.54, 1.807) is 0 Å². The maximum atomic E-state index is 3.50. The predicted octanol–water partition coefficient (Wildman–Crippen LogP) is 3.53. The van der Waals surface area contributed by atoms with Crippen molar-refractivity contribution in [3.8, 4) is 0 Å². The molecule has 0 aromatic heterocycles. The van der Waals surface area contributed by atoms with Crippen LogP contribution in [-0.4, -0.2) is 31.1 Å². The lowest BCUT2D eigenvalue weighted by molar-refractivity contribution is 0.189. The highest BCUT2D eigenvalue weighted by Gasteiger charge is 2.19. The van der Waals surface area contributed by atoms with Crippen molar-refractivity contribution in [2.75, 3.05) is 31.5 Å². The maximum absolute atomic E-state index is 3.50. The van der Waals surface area contributed by atoms with Crippen molar-refractivity contribution in [1.82, 2.24) is 4.90 Å². The maximum Gasteiger partial charge on any atom is 0.0340 e. The highest BCUT2D eigenvalue weighted by atomic mass is 15.1. The summed E-state index contributed by atoms with van der Waals surface area (Å²) in [7, 11) is 0. The molecule has 1 aromatic carbocycles. The Morgan fingerprint density at radius 1 is 1.22 bits per heavy atom. The Balaban J connectivity index is 1.67. The second-order valence-corrected chi connectivity index (χ2v) is 5.48. The number of hydrogen-bond donors (Lipinski definition) is 1. The summed E-state index contributed by atoms with van der Waals surface area (Å²) in [6.07, 6.45) is 4.34. The van der Waals surface area contributed by atoms with Gasteiger partial charge in [0.15, 0.2) is 0 Å². The summed E-state index contributed by atoms with van der Waals surface area (Å²) in [4.78, 5) is 2.57. The average Bonchev–Trinajstić information content (AvgIpc) is 2.33. The molecule has 0 aliphatic heterocycles. The molecule has 2 heteroatoms. The molecule has 0 radical (unpaired) electrons. The highest BCUT2D eigenvalue weighted by Crippen LogP contribution is 2.26. The molecule has 0 spiro atoms. The van der Waals surface area contributed by atoms with Crippen molar-refractivity contribution >= 4 is 5.69 Å². The molecule has 1 fully saturated rings. The summed E-state index contributed by atoms with van der Waals surface area (Å²) in [5, 5.41) is 3.50. The lowest BCUT2D eigenvalue weighted by Gasteiger charge is -2.31. The van der Waals surface area contributed by atoms with Gasteiger partial charge in [-0.15, -0.1) is 0 Å². The number of nitrogens with zero attached hydrogens (tertiary/aromatic N) is 1. The van der Waals surface area contributed by atoms with Crippen LogP contribution in [0.4, 0.5) is 5.69 Å². The van der Waals surface area contributed by atoms with Crippen LogP contribution in [0.5, 0.6) is 0 Å². The van der Waals surface area contributed by atoms with Gasteiger partial charge in [0.2, 0.25) is 0 Å². The average molecular weight is 246 g/mol.